The maximum atomic E-state index is 14.1. The predicted molar refractivity (Wildman–Crippen MR) is 160 cm³/mol. The molecule has 1 aliphatic heterocycles. The molecular formula is C31H34BrN5O4. The lowest BCUT2D eigenvalue weighted by molar-refractivity contribution is 0.0652. The van der Waals surface area contributed by atoms with E-state index >= 15 is 0 Å². The maximum absolute atomic E-state index is 14.1. The minimum absolute atomic E-state index is 0.0961. The second kappa shape index (κ2) is 11.6. The third-order valence-electron chi connectivity index (χ3n) is 7.47. The lowest BCUT2D eigenvalue weighted by Crippen LogP contribution is -2.46. The van der Waals surface area contributed by atoms with E-state index in [4.69, 9.17) is 9.72 Å². The van der Waals surface area contributed by atoms with Crippen LogP contribution in [0.25, 0.3) is 11.6 Å². The highest BCUT2D eigenvalue weighted by molar-refractivity contribution is 9.10. The van der Waals surface area contributed by atoms with Crippen molar-refractivity contribution in [1.29, 1.82) is 0 Å². The first-order valence-corrected chi connectivity index (χ1v) is 14.5. The number of halogens is 1. The van der Waals surface area contributed by atoms with E-state index in [1.165, 1.54) is 0 Å². The molecule has 5 rings (SSSR count). The van der Waals surface area contributed by atoms with E-state index in [0.29, 0.717) is 47.0 Å². The zero-order valence-corrected chi connectivity index (χ0v) is 25.5. The van der Waals surface area contributed by atoms with Crippen LogP contribution in [0.1, 0.15) is 58.8 Å². The summed E-state index contributed by atoms with van der Waals surface area (Å²) in [6.45, 7) is 10.0. The fourth-order valence-corrected chi connectivity index (χ4v) is 5.32. The average molecular weight is 621 g/mol. The Bertz CT molecular complexity index is 1660. The van der Waals surface area contributed by atoms with Gasteiger partial charge in [-0.05, 0) is 94.6 Å². The monoisotopic (exact) mass is 619 g/mol. The second-order valence-corrected chi connectivity index (χ2v) is 11.5. The Morgan fingerprint density at radius 2 is 1.88 bits per heavy atom. The van der Waals surface area contributed by atoms with Gasteiger partial charge in [0.1, 0.15) is 12.4 Å². The predicted octanol–water partition coefficient (Wildman–Crippen LogP) is 4.84. The molecule has 0 aliphatic carbocycles. The van der Waals surface area contributed by atoms with Crippen LogP contribution in [0.3, 0.4) is 0 Å². The minimum atomic E-state index is -0.541. The van der Waals surface area contributed by atoms with Crippen molar-refractivity contribution >= 4 is 21.8 Å². The van der Waals surface area contributed by atoms with Crippen molar-refractivity contribution in [2.75, 3.05) is 6.61 Å². The third-order valence-corrected chi connectivity index (χ3v) is 8.36. The summed E-state index contributed by atoms with van der Waals surface area (Å²) in [5.74, 6) is 0.857. The number of amides is 1. The van der Waals surface area contributed by atoms with Crippen LogP contribution in [0.15, 0.2) is 57.8 Å². The standard InChI is InChI=1S/C31H34BrN5O4/c1-6-24(38)17-41-25-10-8-23(9-11-25)36-30(40)26-15-20(4)35(29(39)22-7-12-27(32)18(2)13-22)16-28(26)33-31(36)37-21(5)14-19(3)34-37/h7-14,20,24,38H,6,15-17H2,1-5H3/t20-,24-/m1/s1. The Balaban J connectivity index is 1.57. The van der Waals surface area contributed by atoms with Crippen molar-refractivity contribution in [3.8, 4) is 17.4 Å². The summed E-state index contributed by atoms with van der Waals surface area (Å²) < 4.78 is 9.88. The molecular weight excluding hydrogens is 586 g/mol. The molecule has 10 heteroatoms. The van der Waals surface area contributed by atoms with E-state index in [2.05, 4.69) is 21.0 Å². The molecule has 0 fully saturated rings. The highest BCUT2D eigenvalue weighted by Crippen LogP contribution is 2.26. The molecule has 2 aromatic carbocycles. The van der Waals surface area contributed by atoms with Gasteiger partial charge in [-0.3, -0.25) is 9.59 Å². The number of aryl methyl sites for hydroxylation is 3. The van der Waals surface area contributed by atoms with E-state index in [1.807, 2.05) is 58.9 Å². The number of fused-ring (bicyclic) bond motifs is 1. The molecule has 214 valence electrons. The topological polar surface area (TPSA) is 102 Å². The molecule has 41 heavy (non-hydrogen) atoms. The van der Waals surface area contributed by atoms with Crippen LogP contribution < -0.4 is 10.3 Å². The number of benzene rings is 2. The van der Waals surface area contributed by atoms with Gasteiger partial charge in [-0.1, -0.05) is 22.9 Å². The van der Waals surface area contributed by atoms with E-state index in [9.17, 15) is 14.7 Å². The van der Waals surface area contributed by atoms with Crippen LogP contribution in [0.4, 0.5) is 0 Å². The second-order valence-electron chi connectivity index (χ2n) is 10.6. The Morgan fingerprint density at radius 3 is 2.51 bits per heavy atom. The molecule has 9 nitrogen and oxygen atoms in total. The van der Waals surface area contributed by atoms with Crippen molar-refractivity contribution < 1.29 is 14.6 Å². The number of carbonyl (C=O) groups excluding carboxylic acids is 1. The number of hydrogen-bond acceptors (Lipinski definition) is 6. The molecule has 1 N–H and O–H groups in total. The van der Waals surface area contributed by atoms with Gasteiger partial charge in [-0.15, -0.1) is 0 Å². The van der Waals surface area contributed by atoms with Crippen LogP contribution in [-0.4, -0.2) is 54.0 Å². The van der Waals surface area contributed by atoms with Crippen molar-refractivity contribution in [3.05, 3.63) is 97.1 Å². The summed E-state index contributed by atoms with van der Waals surface area (Å²) in [7, 11) is 0. The van der Waals surface area contributed by atoms with Gasteiger partial charge in [-0.25, -0.2) is 14.2 Å². The van der Waals surface area contributed by atoms with Crippen molar-refractivity contribution in [3.63, 3.8) is 0 Å². The summed E-state index contributed by atoms with van der Waals surface area (Å²) in [6.07, 6.45) is 0.446. The lowest BCUT2D eigenvalue weighted by atomic mass is 9.98. The molecule has 0 unspecified atom stereocenters. The van der Waals surface area contributed by atoms with Gasteiger partial charge < -0.3 is 14.7 Å². The zero-order chi connectivity index (χ0) is 29.4. The first kappa shape index (κ1) is 28.8. The van der Waals surface area contributed by atoms with Crippen molar-refractivity contribution in [1.82, 2.24) is 24.2 Å². The molecule has 3 heterocycles. The highest BCUT2D eigenvalue weighted by Gasteiger charge is 2.32. The van der Waals surface area contributed by atoms with Gasteiger partial charge in [0, 0.05) is 27.3 Å². The minimum Gasteiger partial charge on any atom is -0.491 e. The number of aromatic nitrogens is 4. The lowest BCUT2D eigenvalue weighted by Gasteiger charge is -2.34. The van der Waals surface area contributed by atoms with E-state index in [0.717, 1.165) is 21.4 Å². The summed E-state index contributed by atoms with van der Waals surface area (Å²) in [4.78, 5) is 34.5. The molecule has 0 radical (unpaired) electrons. The van der Waals surface area contributed by atoms with E-state index in [1.54, 1.807) is 38.4 Å². The van der Waals surface area contributed by atoms with Crippen LogP contribution >= 0.6 is 15.9 Å². The molecule has 1 amide bonds. The molecule has 0 saturated carbocycles. The summed E-state index contributed by atoms with van der Waals surface area (Å²) >= 11 is 3.50. The van der Waals surface area contributed by atoms with Gasteiger partial charge in [0.2, 0.25) is 5.95 Å². The smallest absolute Gasteiger partial charge is 0.263 e. The quantitative estimate of drug-likeness (QED) is 0.317. The van der Waals surface area contributed by atoms with Crippen molar-refractivity contribution in [2.24, 2.45) is 0 Å². The van der Waals surface area contributed by atoms with Gasteiger partial charge >= 0.3 is 0 Å². The summed E-state index contributed by atoms with van der Waals surface area (Å²) in [6, 6.07) is 14.5. The first-order chi connectivity index (χ1) is 19.6. The van der Waals surface area contributed by atoms with E-state index in [-0.39, 0.29) is 30.7 Å². The number of carbonyl (C=O) groups is 1. The molecule has 0 saturated heterocycles. The number of aliphatic hydroxyl groups excluding tert-OH is 1. The fraction of sp³-hybridized carbons (Fsp3) is 0.355. The fourth-order valence-electron chi connectivity index (χ4n) is 5.07. The molecule has 4 aromatic rings. The normalized spacial score (nSPS) is 15.5. The number of hydrogen-bond donors (Lipinski definition) is 1. The zero-order valence-electron chi connectivity index (χ0n) is 23.9. The average Bonchev–Trinajstić information content (AvgIpc) is 3.30. The number of rotatable bonds is 7. The maximum Gasteiger partial charge on any atom is 0.263 e. The Hall–Kier alpha value is -3.76. The number of ether oxygens (including phenoxy) is 1. The highest BCUT2D eigenvalue weighted by atomic mass is 79.9. The van der Waals surface area contributed by atoms with Gasteiger partial charge in [0.15, 0.2) is 0 Å². The van der Waals surface area contributed by atoms with Crippen LogP contribution in [0.2, 0.25) is 0 Å². The SMILES string of the molecule is CC[C@@H](O)COc1ccc(-n2c(-n3nc(C)cc3C)nc3c(c2=O)C[C@@H](C)N(C(=O)c2ccc(Br)c(C)c2)C3)cc1. The van der Waals surface area contributed by atoms with Gasteiger partial charge in [-0.2, -0.15) is 5.10 Å². The van der Waals surface area contributed by atoms with Crippen molar-refractivity contribution in [2.45, 2.75) is 66.2 Å². The summed E-state index contributed by atoms with van der Waals surface area (Å²) in [5.41, 5.74) is 4.80. The molecule has 2 aromatic heterocycles. The van der Waals surface area contributed by atoms with Crippen LogP contribution in [-0.2, 0) is 13.0 Å². The van der Waals surface area contributed by atoms with Crippen LogP contribution in [0.5, 0.6) is 5.75 Å². The van der Waals surface area contributed by atoms with Crippen LogP contribution in [0, 0.1) is 20.8 Å². The Morgan fingerprint density at radius 1 is 1.15 bits per heavy atom. The Labute approximate surface area is 247 Å². The molecule has 0 bridgehead atoms. The first-order valence-electron chi connectivity index (χ1n) is 13.7. The number of nitrogens with zero attached hydrogens (tertiary/aromatic N) is 5. The number of aliphatic hydroxyl groups is 1. The Kier molecular flexibility index (Phi) is 8.15. The van der Waals surface area contributed by atoms with Gasteiger partial charge in [0.05, 0.1) is 29.7 Å². The van der Waals surface area contributed by atoms with E-state index < -0.39 is 6.10 Å². The third kappa shape index (κ3) is 5.71. The summed E-state index contributed by atoms with van der Waals surface area (Å²) in [5, 5.41) is 14.5. The largest absolute Gasteiger partial charge is 0.491 e. The molecule has 1 aliphatic rings. The van der Waals surface area contributed by atoms with Gasteiger partial charge in [0.25, 0.3) is 11.5 Å². The molecule has 0 spiro atoms. The molecule has 2 atom stereocenters.